The van der Waals surface area contributed by atoms with Crippen LogP contribution in [0.2, 0.25) is 0 Å². The third-order valence-corrected chi connectivity index (χ3v) is 1.42. The maximum absolute atomic E-state index is 10.9. The van der Waals surface area contributed by atoms with Gasteiger partial charge in [0, 0.05) is 18.9 Å². The summed E-state index contributed by atoms with van der Waals surface area (Å²) < 4.78 is 6.24. The van der Waals surface area contributed by atoms with E-state index in [1.165, 1.54) is 7.11 Å². The molecule has 0 saturated heterocycles. The molecular weight excluding hydrogens is 144 g/mol. The van der Waals surface area contributed by atoms with Gasteiger partial charge >= 0.3 is 5.97 Å². The highest BCUT2D eigenvalue weighted by Gasteiger charge is 2.10. The van der Waals surface area contributed by atoms with Gasteiger partial charge in [0.25, 0.3) is 0 Å². The normalized spacial score (nSPS) is 9.64. The molecule has 0 aliphatic heterocycles. The summed E-state index contributed by atoms with van der Waals surface area (Å²) in [5.41, 5.74) is 0. The van der Waals surface area contributed by atoms with Crippen molar-refractivity contribution in [3.63, 3.8) is 0 Å². The first kappa shape index (κ1) is 7.78. The molecule has 0 aliphatic rings. The van der Waals surface area contributed by atoms with E-state index in [4.69, 9.17) is 0 Å². The number of nitrogens with zero attached hydrogens (tertiary/aromatic N) is 2. The van der Waals surface area contributed by atoms with Gasteiger partial charge in [0.1, 0.15) is 0 Å². The molecule has 1 rings (SSSR count). The largest absolute Gasteiger partial charge is 0.463 e. The minimum absolute atomic E-state index is 0.356. The smallest absolute Gasteiger partial charge is 0.374 e. The summed E-state index contributed by atoms with van der Waals surface area (Å²) in [6.45, 7) is 2.67. The van der Waals surface area contributed by atoms with Crippen LogP contribution in [0.3, 0.4) is 0 Å². The zero-order valence-corrected chi connectivity index (χ0v) is 6.57. The molecule has 11 heavy (non-hydrogen) atoms. The lowest BCUT2D eigenvalue weighted by Gasteiger charge is -2.00. The van der Waals surface area contributed by atoms with Crippen LogP contribution in [0.4, 0.5) is 0 Å². The molecule has 0 saturated carbocycles. The van der Waals surface area contributed by atoms with Crippen LogP contribution in [-0.4, -0.2) is 22.6 Å². The van der Waals surface area contributed by atoms with Crippen molar-refractivity contribution in [1.82, 2.24) is 9.55 Å². The number of methoxy groups -OCH3 is 1. The molecule has 0 unspecified atom stereocenters. The van der Waals surface area contributed by atoms with Gasteiger partial charge in [-0.05, 0) is 6.92 Å². The molecular formula is C7H10N2O2. The molecule has 4 heteroatoms. The zero-order chi connectivity index (χ0) is 8.27. The van der Waals surface area contributed by atoms with E-state index in [-0.39, 0.29) is 0 Å². The molecule has 1 aromatic heterocycles. The lowest BCUT2D eigenvalue weighted by Crippen LogP contribution is -2.10. The number of hydrogen-bond donors (Lipinski definition) is 0. The van der Waals surface area contributed by atoms with E-state index in [9.17, 15) is 4.79 Å². The van der Waals surface area contributed by atoms with Crippen molar-refractivity contribution in [2.24, 2.45) is 0 Å². The Hall–Kier alpha value is -1.32. The van der Waals surface area contributed by atoms with E-state index in [0.29, 0.717) is 5.82 Å². The summed E-state index contributed by atoms with van der Waals surface area (Å²) in [6, 6.07) is 0. The van der Waals surface area contributed by atoms with Gasteiger partial charge in [0.15, 0.2) is 0 Å². The van der Waals surface area contributed by atoms with Crippen LogP contribution in [0.25, 0.3) is 0 Å². The monoisotopic (exact) mass is 154 g/mol. The van der Waals surface area contributed by atoms with Gasteiger partial charge in [-0.15, -0.1) is 0 Å². The molecule has 0 amide bonds. The lowest BCUT2D eigenvalue weighted by molar-refractivity contribution is 0.0581. The third kappa shape index (κ3) is 1.39. The molecule has 0 atom stereocenters. The average molecular weight is 154 g/mol. The first-order chi connectivity index (χ1) is 5.29. The fourth-order valence-electron chi connectivity index (χ4n) is 0.846. The predicted molar refractivity (Wildman–Crippen MR) is 39.2 cm³/mol. The molecule has 0 fully saturated rings. The SMILES string of the molecule is CCn1ccnc1C(=O)OC. The number of carbonyl (C=O) groups excluding carboxylic acids is 1. The number of rotatable bonds is 2. The molecule has 0 aliphatic carbocycles. The Balaban J connectivity index is 2.92. The molecule has 0 bridgehead atoms. The summed E-state index contributed by atoms with van der Waals surface area (Å²) in [4.78, 5) is 14.8. The maximum atomic E-state index is 10.9. The van der Waals surface area contributed by atoms with Crippen LogP contribution in [0.15, 0.2) is 12.4 Å². The van der Waals surface area contributed by atoms with Gasteiger partial charge in [-0.25, -0.2) is 9.78 Å². The molecule has 60 valence electrons. The van der Waals surface area contributed by atoms with Crippen molar-refractivity contribution in [3.05, 3.63) is 18.2 Å². The minimum Gasteiger partial charge on any atom is -0.463 e. The molecule has 4 nitrogen and oxygen atoms in total. The Labute approximate surface area is 64.8 Å². The van der Waals surface area contributed by atoms with Crippen molar-refractivity contribution in [2.75, 3.05) is 7.11 Å². The molecule has 0 aromatic carbocycles. The summed E-state index contributed by atoms with van der Waals surface area (Å²) >= 11 is 0. The van der Waals surface area contributed by atoms with Crippen molar-refractivity contribution in [1.29, 1.82) is 0 Å². The number of carbonyl (C=O) groups is 1. The third-order valence-electron chi connectivity index (χ3n) is 1.42. The van der Waals surface area contributed by atoms with E-state index in [1.807, 2.05) is 6.92 Å². The molecule has 0 radical (unpaired) electrons. The number of aromatic nitrogens is 2. The lowest BCUT2D eigenvalue weighted by atomic mass is 10.6. The average Bonchev–Trinajstić information content (AvgIpc) is 2.50. The van der Waals surface area contributed by atoms with Crippen LogP contribution < -0.4 is 0 Å². The van der Waals surface area contributed by atoms with E-state index in [1.54, 1.807) is 17.0 Å². The first-order valence-corrected chi connectivity index (χ1v) is 3.39. The predicted octanol–water partition coefficient (Wildman–Crippen LogP) is 0.690. The topological polar surface area (TPSA) is 44.1 Å². The Morgan fingerprint density at radius 1 is 1.82 bits per heavy atom. The van der Waals surface area contributed by atoms with Gasteiger partial charge in [0.05, 0.1) is 7.11 Å². The molecule has 0 N–H and O–H groups in total. The fourth-order valence-corrected chi connectivity index (χ4v) is 0.846. The second kappa shape index (κ2) is 3.18. The second-order valence-electron chi connectivity index (χ2n) is 2.03. The number of hydrogen-bond acceptors (Lipinski definition) is 3. The number of imidazole rings is 1. The minimum atomic E-state index is -0.392. The van der Waals surface area contributed by atoms with Crippen LogP contribution >= 0.6 is 0 Å². The van der Waals surface area contributed by atoms with Crippen LogP contribution in [0, 0.1) is 0 Å². The number of ether oxygens (including phenoxy) is 1. The fraction of sp³-hybridized carbons (Fsp3) is 0.429. The van der Waals surface area contributed by atoms with Gasteiger partial charge in [-0.2, -0.15) is 0 Å². The number of esters is 1. The Morgan fingerprint density at radius 2 is 2.55 bits per heavy atom. The second-order valence-corrected chi connectivity index (χ2v) is 2.03. The standard InChI is InChI=1S/C7H10N2O2/c1-3-9-5-4-8-6(9)7(10)11-2/h4-5H,3H2,1-2H3. The Bertz CT molecular complexity index is 255. The summed E-state index contributed by atoms with van der Waals surface area (Å²) in [7, 11) is 1.34. The van der Waals surface area contributed by atoms with Crippen LogP contribution in [0.5, 0.6) is 0 Å². The zero-order valence-electron chi connectivity index (χ0n) is 6.57. The Morgan fingerprint density at radius 3 is 3.09 bits per heavy atom. The van der Waals surface area contributed by atoms with E-state index in [2.05, 4.69) is 9.72 Å². The highest BCUT2D eigenvalue weighted by Crippen LogP contribution is 1.98. The Kier molecular flexibility index (Phi) is 2.25. The van der Waals surface area contributed by atoms with Gasteiger partial charge in [-0.1, -0.05) is 0 Å². The van der Waals surface area contributed by atoms with Crippen LogP contribution in [-0.2, 0) is 11.3 Å². The first-order valence-electron chi connectivity index (χ1n) is 3.39. The summed E-state index contributed by atoms with van der Waals surface area (Å²) in [6.07, 6.45) is 3.32. The highest BCUT2D eigenvalue weighted by atomic mass is 16.5. The van der Waals surface area contributed by atoms with Crippen LogP contribution in [0.1, 0.15) is 17.5 Å². The van der Waals surface area contributed by atoms with Gasteiger partial charge < -0.3 is 9.30 Å². The van der Waals surface area contributed by atoms with E-state index >= 15 is 0 Å². The van der Waals surface area contributed by atoms with Crippen molar-refractivity contribution in [2.45, 2.75) is 13.5 Å². The highest BCUT2D eigenvalue weighted by molar-refractivity contribution is 5.85. The molecule has 1 aromatic rings. The quantitative estimate of drug-likeness (QED) is 0.588. The van der Waals surface area contributed by atoms with Crippen molar-refractivity contribution >= 4 is 5.97 Å². The summed E-state index contributed by atoms with van der Waals surface area (Å²) in [5, 5.41) is 0. The van der Waals surface area contributed by atoms with Crippen molar-refractivity contribution < 1.29 is 9.53 Å². The number of aryl methyl sites for hydroxylation is 1. The molecule has 0 spiro atoms. The summed E-state index contributed by atoms with van der Waals surface area (Å²) in [5.74, 6) is -0.0353. The van der Waals surface area contributed by atoms with E-state index < -0.39 is 5.97 Å². The molecule has 1 heterocycles. The van der Waals surface area contributed by atoms with Crippen molar-refractivity contribution in [3.8, 4) is 0 Å². The van der Waals surface area contributed by atoms with E-state index in [0.717, 1.165) is 6.54 Å². The maximum Gasteiger partial charge on any atom is 0.374 e. The van der Waals surface area contributed by atoms with Gasteiger partial charge in [0.2, 0.25) is 5.82 Å². The van der Waals surface area contributed by atoms with Gasteiger partial charge in [-0.3, -0.25) is 0 Å².